The first-order chi connectivity index (χ1) is 8.19. The zero-order valence-corrected chi connectivity index (χ0v) is 9.75. The van der Waals surface area contributed by atoms with Crippen molar-refractivity contribution >= 4 is 5.78 Å². The molecule has 1 aliphatic carbocycles. The second kappa shape index (κ2) is 3.70. The summed E-state index contributed by atoms with van der Waals surface area (Å²) < 4.78 is 5.80. The number of carbonyl (C=O) groups is 1. The molecule has 1 aliphatic heterocycles. The van der Waals surface area contributed by atoms with Crippen LogP contribution in [0.5, 0.6) is 5.75 Å². The summed E-state index contributed by atoms with van der Waals surface area (Å²) in [6.45, 7) is 1.96. The molecule has 1 heterocycles. The van der Waals surface area contributed by atoms with Crippen LogP contribution in [0.25, 0.3) is 0 Å². The lowest BCUT2D eigenvalue weighted by Gasteiger charge is -2.21. The molecule has 0 saturated heterocycles. The summed E-state index contributed by atoms with van der Waals surface area (Å²) in [6.07, 6.45) is 1.91. The molecule has 3 nitrogen and oxygen atoms in total. The van der Waals surface area contributed by atoms with Crippen LogP contribution in [0.4, 0.5) is 0 Å². The van der Waals surface area contributed by atoms with Crippen LogP contribution in [0.15, 0.2) is 23.5 Å². The van der Waals surface area contributed by atoms with Gasteiger partial charge in [0.25, 0.3) is 0 Å². The van der Waals surface area contributed by atoms with Gasteiger partial charge in [0.2, 0.25) is 0 Å². The highest BCUT2D eigenvalue weighted by Crippen LogP contribution is 2.39. The first kappa shape index (κ1) is 10.5. The molecule has 0 aromatic heterocycles. The maximum absolute atomic E-state index is 11.7. The molecule has 0 radical (unpaired) electrons. The topological polar surface area (TPSA) is 46.5 Å². The molecule has 0 fully saturated rings. The number of aryl methyl sites for hydroxylation is 1. The van der Waals surface area contributed by atoms with Crippen LogP contribution in [0.3, 0.4) is 0 Å². The molecule has 1 aromatic rings. The minimum atomic E-state index is -0.0272. The van der Waals surface area contributed by atoms with Crippen LogP contribution in [-0.2, 0) is 17.8 Å². The van der Waals surface area contributed by atoms with Crippen molar-refractivity contribution < 1.29 is 14.6 Å². The number of aliphatic hydroxyl groups excluding tert-OH is 1. The molecule has 0 saturated carbocycles. The van der Waals surface area contributed by atoms with Crippen molar-refractivity contribution in [1.82, 2.24) is 0 Å². The predicted molar refractivity (Wildman–Crippen MR) is 62.7 cm³/mol. The number of ether oxygens (including phenoxy) is 1. The van der Waals surface area contributed by atoms with Crippen molar-refractivity contribution in [3.8, 4) is 5.75 Å². The van der Waals surface area contributed by atoms with Gasteiger partial charge >= 0.3 is 0 Å². The van der Waals surface area contributed by atoms with Gasteiger partial charge in [-0.25, -0.2) is 0 Å². The lowest BCUT2D eigenvalue weighted by atomic mass is 9.96. The monoisotopic (exact) mass is 230 g/mol. The van der Waals surface area contributed by atoms with Gasteiger partial charge in [0.1, 0.15) is 11.5 Å². The van der Waals surface area contributed by atoms with Crippen LogP contribution >= 0.6 is 0 Å². The first-order valence-electron chi connectivity index (χ1n) is 5.85. The van der Waals surface area contributed by atoms with Gasteiger partial charge in [-0.15, -0.1) is 0 Å². The molecule has 0 spiro atoms. The second-order valence-corrected chi connectivity index (χ2v) is 4.67. The van der Waals surface area contributed by atoms with Crippen molar-refractivity contribution in [3.63, 3.8) is 0 Å². The van der Waals surface area contributed by atoms with Crippen LogP contribution in [0.2, 0.25) is 0 Å². The molecular formula is C14H14O3. The number of benzene rings is 1. The Balaban J connectivity index is 2.09. The number of ketones is 1. The molecule has 0 unspecified atom stereocenters. The lowest BCUT2D eigenvalue weighted by molar-refractivity contribution is -0.115. The smallest absolute Gasteiger partial charge is 0.163 e. The van der Waals surface area contributed by atoms with E-state index in [4.69, 9.17) is 4.74 Å². The minimum Gasteiger partial charge on any atom is -0.461 e. The number of rotatable bonds is 1. The van der Waals surface area contributed by atoms with Crippen LogP contribution in [-0.4, -0.2) is 10.9 Å². The number of hydrogen-bond donors (Lipinski definition) is 1. The number of Topliss-reactive ketones (excluding diaryl/α,β-unsaturated/α-hetero) is 1. The van der Waals surface area contributed by atoms with Gasteiger partial charge < -0.3 is 9.84 Å². The van der Waals surface area contributed by atoms with E-state index >= 15 is 0 Å². The normalized spacial score (nSPS) is 17.9. The van der Waals surface area contributed by atoms with Crippen molar-refractivity contribution in [3.05, 3.63) is 40.2 Å². The van der Waals surface area contributed by atoms with Crippen LogP contribution in [0.1, 0.15) is 29.5 Å². The maximum atomic E-state index is 11.7. The van der Waals surface area contributed by atoms with Gasteiger partial charge in [-0.2, -0.15) is 0 Å². The van der Waals surface area contributed by atoms with E-state index in [2.05, 4.69) is 0 Å². The maximum Gasteiger partial charge on any atom is 0.163 e. The quantitative estimate of drug-likeness (QED) is 0.803. The molecule has 2 aliphatic rings. The van der Waals surface area contributed by atoms with Gasteiger partial charge in [0.05, 0.1) is 6.61 Å². The third-order valence-electron chi connectivity index (χ3n) is 3.40. The lowest BCUT2D eigenvalue weighted by Crippen LogP contribution is -2.12. The zero-order valence-electron chi connectivity index (χ0n) is 9.75. The fraction of sp³-hybridized carbons (Fsp3) is 0.357. The van der Waals surface area contributed by atoms with E-state index in [-0.39, 0.29) is 12.4 Å². The molecule has 0 atom stereocenters. The van der Waals surface area contributed by atoms with E-state index in [0.717, 1.165) is 33.8 Å². The van der Waals surface area contributed by atoms with Gasteiger partial charge in [0, 0.05) is 36.0 Å². The Hall–Kier alpha value is -1.61. The summed E-state index contributed by atoms with van der Waals surface area (Å²) in [4.78, 5) is 11.7. The summed E-state index contributed by atoms with van der Waals surface area (Å²) in [5, 5.41) is 9.35. The van der Waals surface area contributed by atoms with Crippen LogP contribution in [0, 0.1) is 6.92 Å². The number of aliphatic hydroxyl groups is 1. The largest absolute Gasteiger partial charge is 0.461 e. The molecule has 3 heteroatoms. The summed E-state index contributed by atoms with van der Waals surface area (Å²) in [5.41, 5.74) is 3.74. The van der Waals surface area contributed by atoms with E-state index in [1.807, 2.05) is 19.1 Å². The highest BCUT2D eigenvalue weighted by Gasteiger charge is 2.30. The van der Waals surface area contributed by atoms with E-state index in [1.165, 1.54) is 0 Å². The standard InChI is InChI=1S/C14H14O3/c1-8-4-9-6-11-12(16)2-3-13(11)17-14(9)10(5-8)7-15/h4-5,15H,2-3,6-7H2,1H3. The van der Waals surface area contributed by atoms with E-state index in [9.17, 15) is 9.90 Å². The molecule has 0 amide bonds. The summed E-state index contributed by atoms with van der Waals surface area (Å²) in [5.74, 6) is 1.77. The first-order valence-corrected chi connectivity index (χ1v) is 5.85. The summed E-state index contributed by atoms with van der Waals surface area (Å²) in [7, 11) is 0. The second-order valence-electron chi connectivity index (χ2n) is 4.67. The van der Waals surface area contributed by atoms with Gasteiger partial charge in [-0.3, -0.25) is 4.79 Å². The molecule has 17 heavy (non-hydrogen) atoms. The Morgan fingerprint density at radius 3 is 2.94 bits per heavy atom. The van der Waals surface area contributed by atoms with E-state index in [0.29, 0.717) is 19.3 Å². The number of fused-ring (bicyclic) bond motifs is 1. The Kier molecular flexibility index (Phi) is 2.30. The van der Waals surface area contributed by atoms with Gasteiger partial charge in [-0.05, 0) is 6.92 Å². The zero-order chi connectivity index (χ0) is 12.0. The van der Waals surface area contributed by atoms with Crippen molar-refractivity contribution in [1.29, 1.82) is 0 Å². The van der Waals surface area contributed by atoms with E-state index in [1.54, 1.807) is 0 Å². The Labute approximate surface area is 99.7 Å². The average molecular weight is 230 g/mol. The molecule has 1 N–H and O–H groups in total. The third kappa shape index (κ3) is 1.58. The fourth-order valence-electron chi connectivity index (χ4n) is 2.62. The Bertz CT molecular complexity index is 541. The molecule has 0 bridgehead atoms. The highest BCUT2D eigenvalue weighted by molar-refractivity contribution is 5.99. The SMILES string of the molecule is Cc1cc(CO)c2c(c1)CC1=C(CCC1=O)O2. The molecule has 1 aromatic carbocycles. The number of allylic oxidation sites excluding steroid dienone is 2. The van der Waals surface area contributed by atoms with Crippen molar-refractivity contribution in [2.24, 2.45) is 0 Å². The minimum absolute atomic E-state index is 0.0272. The molecule has 3 rings (SSSR count). The van der Waals surface area contributed by atoms with Gasteiger partial charge in [-0.1, -0.05) is 17.7 Å². The Morgan fingerprint density at radius 2 is 2.18 bits per heavy atom. The number of hydrogen-bond acceptors (Lipinski definition) is 3. The van der Waals surface area contributed by atoms with Crippen LogP contribution < -0.4 is 4.74 Å². The molecule has 88 valence electrons. The molecular weight excluding hydrogens is 216 g/mol. The third-order valence-corrected chi connectivity index (χ3v) is 3.40. The highest BCUT2D eigenvalue weighted by atomic mass is 16.5. The van der Waals surface area contributed by atoms with Crippen molar-refractivity contribution in [2.75, 3.05) is 0 Å². The fourth-order valence-corrected chi connectivity index (χ4v) is 2.62. The summed E-state index contributed by atoms with van der Waals surface area (Å²) >= 11 is 0. The van der Waals surface area contributed by atoms with E-state index < -0.39 is 0 Å². The predicted octanol–water partition coefficient (Wildman–Crippen LogP) is 2.04. The number of carbonyl (C=O) groups excluding carboxylic acids is 1. The average Bonchev–Trinajstić information content (AvgIpc) is 2.67. The van der Waals surface area contributed by atoms with Gasteiger partial charge in [0.15, 0.2) is 5.78 Å². The Morgan fingerprint density at radius 1 is 1.35 bits per heavy atom. The summed E-state index contributed by atoms with van der Waals surface area (Å²) in [6, 6.07) is 3.96. The van der Waals surface area contributed by atoms with Crippen molar-refractivity contribution in [2.45, 2.75) is 32.8 Å².